The predicted molar refractivity (Wildman–Crippen MR) is 114 cm³/mol. The molecule has 1 N–H and O–H groups in total. The summed E-state index contributed by atoms with van der Waals surface area (Å²) >= 11 is 0. The average molecular weight is 369 g/mol. The Morgan fingerprint density at radius 2 is 1.71 bits per heavy atom. The second kappa shape index (κ2) is 7.09. The molecule has 140 valence electrons. The van der Waals surface area contributed by atoms with E-state index in [1.54, 1.807) is 0 Å². The van der Waals surface area contributed by atoms with E-state index in [9.17, 15) is 0 Å². The molecule has 5 heteroatoms. The second-order valence-corrected chi connectivity index (χ2v) is 7.35. The molecule has 1 aliphatic heterocycles. The zero-order valence-electron chi connectivity index (χ0n) is 16.0. The molecule has 28 heavy (non-hydrogen) atoms. The Bertz CT molecular complexity index is 1090. The first-order valence-corrected chi connectivity index (χ1v) is 9.71. The van der Waals surface area contributed by atoms with Gasteiger partial charge in [0.05, 0.1) is 5.69 Å². The molecule has 1 aromatic carbocycles. The standard InChI is InChI=1S/C23H23N5/c1-27-11-13-28(14-12-27)22-15-18(9-10-24-22)20-16-25-23-19(20)7-8-21(26-23)17-5-3-2-4-6-17/h2-10,15-16H,11-14H2,1H3,(H,25,26). The van der Waals surface area contributed by atoms with Gasteiger partial charge in [-0.2, -0.15) is 0 Å². The molecule has 3 aromatic heterocycles. The summed E-state index contributed by atoms with van der Waals surface area (Å²) in [6.07, 6.45) is 3.96. The normalized spacial score (nSPS) is 15.2. The molecule has 0 aliphatic carbocycles. The zero-order valence-corrected chi connectivity index (χ0v) is 16.0. The van der Waals surface area contributed by atoms with E-state index in [1.807, 2.05) is 24.4 Å². The van der Waals surface area contributed by atoms with Crippen molar-refractivity contribution in [3.63, 3.8) is 0 Å². The van der Waals surface area contributed by atoms with Gasteiger partial charge in [-0.1, -0.05) is 30.3 Å². The molecule has 0 spiro atoms. The number of benzene rings is 1. The highest BCUT2D eigenvalue weighted by atomic mass is 15.3. The van der Waals surface area contributed by atoms with Crippen molar-refractivity contribution in [1.29, 1.82) is 0 Å². The van der Waals surface area contributed by atoms with Gasteiger partial charge in [0, 0.05) is 55.1 Å². The smallest absolute Gasteiger partial charge is 0.138 e. The molecule has 0 atom stereocenters. The summed E-state index contributed by atoms with van der Waals surface area (Å²) in [6.45, 7) is 4.18. The van der Waals surface area contributed by atoms with Crippen molar-refractivity contribution in [2.24, 2.45) is 0 Å². The minimum absolute atomic E-state index is 0.911. The van der Waals surface area contributed by atoms with Crippen LogP contribution in [-0.2, 0) is 0 Å². The highest BCUT2D eigenvalue weighted by molar-refractivity contribution is 5.95. The van der Waals surface area contributed by atoms with Gasteiger partial charge in [0.1, 0.15) is 11.5 Å². The highest BCUT2D eigenvalue weighted by Crippen LogP contribution is 2.31. The van der Waals surface area contributed by atoms with Gasteiger partial charge in [-0.15, -0.1) is 0 Å². The van der Waals surface area contributed by atoms with E-state index in [-0.39, 0.29) is 0 Å². The summed E-state index contributed by atoms with van der Waals surface area (Å²) in [7, 11) is 2.17. The van der Waals surface area contributed by atoms with Crippen molar-refractivity contribution in [1.82, 2.24) is 19.9 Å². The molecule has 1 aliphatic rings. The fourth-order valence-electron chi connectivity index (χ4n) is 3.81. The maximum Gasteiger partial charge on any atom is 0.138 e. The molecule has 4 heterocycles. The largest absolute Gasteiger partial charge is 0.354 e. The van der Waals surface area contributed by atoms with Crippen LogP contribution in [-0.4, -0.2) is 53.1 Å². The van der Waals surface area contributed by atoms with Crippen LogP contribution in [0.1, 0.15) is 0 Å². The minimum atomic E-state index is 0.911. The number of fused-ring (bicyclic) bond motifs is 1. The number of H-pyrrole nitrogens is 1. The van der Waals surface area contributed by atoms with Gasteiger partial charge in [0.25, 0.3) is 0 Å². The third-order valence-electron chi connectivity index (χ3n) is 5.49. The van der Waals surface area contributed by atoms with Crippen LogP contribution in [0.5, 0.6) is 0 Å². The lowest BCUT2D eigenvalue weighted by molar-refractivity contribution is 0.312. The Balaban J connectivity index is 1.49. The Kier molecular flexibility index (Phi) is 4.29. The third kappa shape index (κ3) is 3.14. The molecule has 5 nitrogen and oxygen atoms in total. The molecule has 0 radical (unpaired) electrons. The number of nitrogens with zero attached hydrogens (tertiary/aromatic N) is 4. The molecule has 0 saturated carbocycles. The number of likely N-dealkylation sites (N-methyl/N-ethyl adjacent to an activating group) is 1. The summed E-state index contributed by atoms with van der Waals surface area (Å²) in [6, 6.07) is 18.8. The van der Waals surface area contributed by atoms with Crippen LogP contribution >= 0.6 is 0 Å². The first-order chi connectivity index (χ1) is 13.8. The van der Waals surface area contributed by atoms with Gasteiger partial charge in [-0.05, 0) is 36.9 Å². The monoisotopic (exact) mass is 369 g/mol. The molecule has 0 amide bonds. The molecular formula is C23H23N5. The third-order valence-corrected chi connectivity index (χ3v) is 5.49. The summed E-state index contributed by atoms with van der Waals surface area (Å²) in [5.41, 5.74) is 5.36. The molecule has 0 unspecified atom stereocenters. The predicted octanol–water partition coefficient (Wildman–Crippen LogP) is 4.04. The summed E-state index contributed by atoms with van der Waals surface area (Å²) < 4.78 is 0. The molecule has 1 saturated heterocycles. The molecular weight excluding hydrogens is 346 g/mol. The quantitative estimate of drug-likeness (QED) is 0.592. The number of hydrogen-bond donors (Lipinski definition) is 1. The van der Waals surface area contributed by atoms with E-state index in [0.717, 1.165) is 54.3 Å². The number of anilines is 1. The lowest BCUT2D eigenvalue weighted by Gasteiger charge is -2.33. The van der Waals surface area contributed by atoms with Crippen LogP contribution in [0.3, 0.4) is 0 Å². The van der Waals surface area contributed by atoms with Gasteiger partial charge in [0.2, 0.25) is 0 Å². The minimum Gasteiger partial charge on any atom is -0.354 e. The number of aromatic amines is 1. The Morgan fingerprint density at radius 1 is 0.893 bits per heavy atom. The lowest BCUT2D eigenvalue weighted by atomic mass is 10.1. The molecule has 0 bridgehead atoms. The Hall–Kier alpha value is -3.18. The lowest BCUT2D eigenvalue weighted by Crippen LogP contribution is -2.44. The molecule has 5 rings (SSSR count). The van der Waals surface area contributed by atoms with Crippen molar-refractivity contribution < 1.29 is 0 Å². The second-order valence-electron chi connectivity index (χ2n) is 7.35. The topological polar surface area (TPSA) is 48.0 Å². The van der Waals surface area contributed by atoms with Crippen molar-refractivity contribution in [2.45, 2.75) is 0 Å². The molecule has 1 fully saturated rings. The number of hydrogen-bond acceptors (Lipinski definition) is 4. The maximum atomic E-state index is 4.83. The van der Waals surface area contributed by atoms with Crippen LogP contribution in [0.2, 0.25) is 0 Å². The fraction of sp³-hybridized carbons (Fsp3) is 0.217. The van der Waals surface area contributed by atoms with Crippen molar-refractivity contribution in [3.8, 4) is 22.4 Å². The van der Waals surface area contributed by atoms with Crippen LogP contribution in [0, 0.1) is 0 Å². The fourth-order valence-corrected chi connectivity index (χ4v) is 3.81. The van der Waals surface area contributed by atoms with Gasteiger partial charge in [-0.25, -0.2) is 9.97 Å². The van der Waals surface area contributed by atoms with Crippen LogP contribution < -0.4 is 4.90 Å². The number of rotatable bonds is 3. The first-order valence-electron chi connectivity index (χ1n) is 9.71. The molecule has 4 aromatic rings. The Labute approximate surface area is 164 Å². The van der Waals surface area contributed by atoms with Gasteiger partial charge in [0.15, 0.2) is 0 Å². The van der Waals surface area contributed by atoms with E-state index < -0.39 is 0 Å². The number of piperazine rings is 1. The van der Waals surface area contributed by atoms with Crippen LogP contribution in [0.15, 0.2) is 67.0 Å². The number of nitrogens with one attached hydrogen (secondary N) is 1. The summed E-state index contributed by atoms with van der Waals surface area (Å²) in [4.78, 5) is 17.5. The van der Waals surface area contributed by atoms with Gasteiger partial charge >= 0.3 is 0 Å². The van der Waals surface area contributed by atoms with Crippen molar-refractivity contribution >= 4 is 16.9 Å². The van der Waals surface area contributed by atoms with Crippen molar-refractivity contribution in [3.05, 3.63) is 67.0 Å². The summed E-state index contributed by atoms with van der Waals surface area (Å²) in [5.74, 6) is 1.05. The SMILES string of the molecule is CN1CCN(c2cc(-c3c[nH]c4nc(-c5ccccc5)ccc34)ccn2)CC1. The van der Waals surface area contributed by atoms with E-state index in [0.29, 0.717) is 0 Å². The van der Waals surface area contributed by atoms with Gasteiger partial charge in [-0.3, -0.25) is 0 Å². The summed E-state index contributed by atoms with van der Waals surface area (Å²) in [5, 5.41) is 1.13. The van der Waals surface area contributed by atoms with Crippen LogP contribution in [0.4, 0.5) is 5.82 Å². The number of aromatic nitrogens is 3. The first kappa shape index (κ1) is 17.0. The van der Waals surface area contributed by atoms with Crippen molar-refractivity contribution in [2.75, 3.05) is 38.1 Å². The zero-order chi connectivity index (χ0) is 18.9. The average Bonchev–Trinajstić information content (AvgIpc) is 3.18. The number of pyridine rings is 2. The van der Waals surface area contributed by atoms with E-state index in [1.165, 1.54) is 11.1 Å². The van der Waals surface area contributed by atoms with Gasteiger partial charge < -0.3 is 14.8 Å². The van der Waals surface area contributed by atoms with E-state index in [2.05, 4.69) is 69.4 Å². The highest BCUT2D eigenvalue weighted by Gasteiger charge is 2.16. The van der Waals surface area contributed by atoms with E-state index in [4.69, 9.17) is 4.98 Å². The van der Waals surface area contributed by atoms with Crippen LogP contribution in [0.25, 0.3) is 33.4 Å². The maximum absolute atomic E-state index is 4.83. The Morgan fingerprint density at radius 3 is 2.54 bits per heavy atom. The van der Waals surface area contributed by atoms with E-state index >= 15 is 0 Å².